The molecule has 0 saturated heterocycles. The molecule has 6 nitrogen and oxygen atoms in total. The molecule has 0 atom stereocenters. The first-order valence-corrected chi connectivity index (χ1v) is 9.20. The van der Waals surface area contributed by atoms with E-state index >= 15 is 0 Å². The second-order valence-corrected chi connectivity index (χ2v) is 6.73. The predicted molar refractivity (Wildman–Crippen MR) is 98.5 cm³/mol. The summed E-state index contributed by atoms with van der Waals surface area (Å²) in [4.78, 5) is 16.3. The summed E-state index contributed by atoms with van der Waals surface area (Å²) in [6.45, 7) is 3.27. The summed E-state index contributed by atoms with van der Waals surface area (Å²) in [6.07, 6.45) is 1.02. The summed E-state index contributed by atoms with van der Waals surface area (Å²) < 4.78 is 31.9. The molecule has 3 aromatic rings. The molecule has 0 aliphatic heterocycles. The number of amides is 1. The van der Waals surface area contributed by atoms with Crippen molar-refractivity contribution in [2.45, 2.75) is 26.4 Å². The summed E-state index contributed by atoms with van der Waals surface area (Å²) in [5.41, 5.74) is 1.82. The number of alkyl halides is 2. The third-order valence-electron chi connectivity index (χ3n) is 3.50. The molecule has 1 amide bonds. The van der Waals surface area contributed by atoms with Crippen molar-refractivity contribution >= 4 is 17.2 Å². The molecule has 2 heterocycles. The van der Waals surface area contributed by atoms with Gasteiger partial charge < -0.3 is 10.1 Å². The molecule has 9 heteroatoms. The number of halogens is 2. The zero-order chi connectivity index (χ0) is 19.4. The first-order valence-electron chi connectivity index (χ1n) is 8.32. The summed E-state index contributed by atoms with van der Waals surface area (Å²) in [7, 11) is 0. The van der Waals surface area contributed by atoms with E-state index in [-0.39, 0.29) is 11.7 Å². The smallest absolute Gasteiger partial charge is 0.394 e. The van der Waals surface area contributed by atoms with Crippen molar-refractivity contribution < 1.29 is 18.3 Å². The number of benzene rings is 1. The second kappa shape index (κ2) is 7.83. The fourth-order valence-electron chi connectivity index (χ4n) is 2.29. The van der Waals surface area contributed by atoms with E-state index in [1.54, 1.807) is 34.6 Å². The Kier molecular flexibility index (Phi) is 5.50. The number of hydrogen-bond acceptors (Lipinski definition) is 5. The van der Waals surface area contributed by atoms with Crippen LogP contribution in [0.3, 0.4) is 0 Å². The molecule has 0 fully saturated rings. The van der Waals surface area contributed by atoms with Crippen LogP contribution in [0.1, 0.15) is 30.8 Å². The Balaban J connectivity index is 1.73. The average molecular weight is 392 g/mol. The van der Waals surface area contributed by atoms with Gasteiger partial charge in [-0.05, 0) is 30.7 Å². The number of ether oxygens (including phenoxy) is 1. The van der Waals surface area contributed by atoms with Gasteiger partial charge in [0.1, 0.15) is 16.5 Å². The molecule has 1 N–H and O–H groups in total. The second-order valence-electron chi connectivity index (χ2n) is 5.87. The number of carbonyl (C=O) groups excluding carboxylic acids is 1. The lowest BCUT2D eigenvalue weighted by atomic mass is 10.3. The van der Waals surface area contributed by atoms with Gasteiger partial charge in [-0.1, -0.05) is 6.92 Å². The van der Waals surface area contributed by atoms with Gasteiger partial charge in [0, 0.05) is 30.6 Å². The van der Waals surface area contributed by atoms with Gasteiger partial charge in [-0.15, -0.1) is 11.3 Å². The maximum absolute atomic E-state index is 12.9. The van der Waals surface area contributed by atoms with Gasteiger partial charge in [-0.3, -0.25) is 4.79 Å². The highest BCUT2D eigenvalue weighted by atomic mass is 32.1. The molecule has 27 heavy (non-hydrogen) atoms. The Labute approximate surface area is 158 Å². The first-order chi connectivity index (χ1) is 12.9. The van der Waals surface area contributed by atoms with Crippen LogP contribution in [0.5, 0.6) is 5.75 Å². The fourth-order valence-corrected chi connectivity index (χ4v) is 3.06. The van der Waals surface area contributed by atoms with Gasteiger partial charge in [0.25, 0.3) is 5.91 Å². The number of nitrogens with one attached hydrogen (secondary N) is 1. The third kappa shape index (κ3) is 4.88. The van der Waals surface area contributed by atoms with Crippen LogP contribution in [0.15, 0.2) is 42.0 Å². The molecule has 142 valence electrons. The lowest BCUT2D eigenvalue weighted by Gasteiger charge is -2.13. The van der Waals surface area contributed by atoms with Crippen molar-refractivity contribution in [2.24, 2.45) is 0 Å². The Morgan fingerprint density at radius 2 is 2.07 bits per heavy atom. The Morgan fingerprint density at radius 1 is 1.33 bits per heavy atom. The van der Waals surface area contributed by atoms with Crippen LogP contribution < -0.4 is 10.1 Å². The maximum Gasteiger partial charge on any atom is 0.394 e. The highest BCUT2D eigenvalue weighted by Gasteiger charge is 2.23. The number of rotatable bonds is 7. The van der Waals surface area contributed by atoms with E-state index in [0.717, 1.165) is 12.0 Å². The van der Waals surface area contributed by atoms with Crippen molar-refractivity contribution in [3.8, 4) is 22.0 Å². The lowest BCUT2D eigenvalue weighted by molar-refractivity contribution is -0.158. The Bertz CT molecular complexity index is 916. The van der Waals surface area contributed by atoms with E-state index in [1.165, 1.54) is 23.5 Å². The average Bonchev–Trinajstić information content (AvgIpc) is 3.28. The SMILES string of the molecule is CCCNC(=O)c1csc(-c2cnn(-c3ccc(OC(C)(F)F)cc3)c2)n1. The molecule has 0 saturated carbocycles. The summed E-state index contributed by atoms with van der Waals surface area (Å²) in [6, 6.07) is 6.16. The van der Waals surface area contributed by atoms with E-state index in [9.17, 15) is 13.6 Å². The van der Waals surface area contributed by atoms with Crippen LogP contribution in [0.25, 0.3) is 16.3 Å². The number of aromatic nitrogens is 3. The number of thiazole rings is 1. The topological polar surface area (TPSA) is 69.0 Å². The van der Waals surface area contributed by atoms with Gasteiger partial charge in [-0.2, -0.15) is 13.9 Å². The van der Waals surface area contributed by atoms with Gasteiger partial charge in [0.05, 0.1) is 11.9 Å². The van der Waals surface area contributed by atoms with E-state index in [4.69, 9.17) is 0 Å². The van der Waals surface area contributed by atoms with Crippen molar-refractivity contribution in [1.29, 1.82) is 0 Å². The van der Waals surface area contributed by atoms with Gasteiger partial charge >= 0.3 is 6.11 Å². The summed E-state index contributed by atoms with van der Waals surface area (Å²) in [5.74, 6) is -0.128. The number of carbonyl (C=O) groups is 1. The largest absolute Gasteiger partial charge is 0.433 e. The van der Waals surface area contributed by atoms with Crippen molar-refractivity contribution in [3.05, 3.63) is 47.7 Å². The van der Waals surface area contributed by atoms with Crippen molar-refractivity contribution in [3.63, 3.8) is 0 Å². The van der Waals surface area contributed by atoms with E-state index in [0.29, 0.717) is 29.9 Å². The Morgan fingerprint density at radius 3 is 2.74 bits per heavy atom. The van der Waals surface area contributed by atoms with Crippen LogP contribution in [0.2, 0.25) is 0 Å². The summed E-state index contributed by atoms with van der Waals surface area (Å²) >= 11 is 1.35. The van der Waals surface area contributed by atoms with Crippen LogP contribution in [0, 0.1) is 0 Å². The maximum atomic E-state index is 12.9. The van der Waals surface area contributed by atoms with E-state index in [1.807, 2.05) is 6.92 Å². The monoisotopic (exact) mass is 392 g/mol. The number of nitrogens with zero attached hydrogens (tertiary/aromatic N) is 3. The van der Waals surface area contributed by atoms with Gasteiger partial charge in [-0.25, -0.2) is 9.67 Å². The van der Waals surface area contributed by atoms with Crippen LogP contribution in [-0.4, -0.2) is 33.3 Å². The number of hydrogen-bond donors (Lipinski definition) is 1. The molecular formula is C18H18F2N4O2S. The molecule has 1 aromatic carbocycles. The standard InChI is InChI=1S/C18H18F2N4O2S/c1-3-8-21-16(25)15-11-27-17(23-15)12-9-22-24(10-12)13-4-6-14(7-5-13)26-18(2,19)20/h4-7,9-11H,3,8H2,1-2H3,(H,21,25). The molecule has 0 bridgehead atoms. The van der Waals surface area contributed by atoms with Crippen molar-refractivity contribution in [1.82, 2.24) is 20.1 Å². The van der Waals surface area contributed by atoms with Crippen LogP contribution in [0.4, 0.5) is 8.78 Å². The molecule has 2 aromatic heterocycles. The molecule has 0 aliphatic carbocycles. The fraction of sp³-hybridized carbons (Fsp3) is 0.278. The first kappa shape index (κ1) is 19.0. The third-order valence-corrected chi connectivity index (χ3v) is 4.39. The zero-order valence-electron chi connectivity index (χ0n) is 14.8. The molecule has 0 aliphatic rings. The minimum Gasteiger partial charge on any atom is -0.433 e. The normalized spacial score (nSPS) is 11.4. The van der Waals surface area contributed by atoms with Gasteiger partial charge in [0.15, 0.2) is 0 Å². The van der Waals surface area contributed by atoms with E-state index < -0.39 is 6.11 Å². The lowest BCUT2D eigenvalue weighted by Crippen LogP contribution is -2.24. The molecule has 0 radical (unpaired) electrons. The minimum atomic E-state index is -3.23. The molecule has 3 rings (SSSR count). The molecule has 0 spiro atoms. The summed E-state index contributed by atoms with van der Waals surface area (Å²) in [5, 5.41) is 9.43. The highest BCUT2D eigenvalue weighted by molar-refractivity contribution is 7.13. The highest BCUT2D eigenvalue weighted by Crippen LogP contribution is 2.26. The minimum absolute atomic E-state index is 0.0706. The van der Waals surface area contributed by atoms with E-state index in [2.05, 4.69) is 20.1 Å². The van der Waals surface area contributed by atoms with Gasteiger partial charge in [0.2, 0.25) is 0 Å². The quantitative estimate of drug-likeness (QED) is 0.657. The molecule has 0 unspecified atom stereocenters. The molecular weight excluding hydrogens is 374 g/mol. The predicted octanol–water partition coefficient (Wildman–Crippen LogP) is 4.13. The van der Waals surface area contributed by atoms with Crippen molar-refractivity contribution in [2.75, 3.05) is 6.54 Å². The van der Waals surface area contributed by atoms with Crippen LogP contribution >= 0.6 is 11.3 Å². The van der Waals surface area contributed by atoms with Crippen LogP contribution in [-0.2, 0) is 0 Å². The zero-order valence-corrected chi connectivity index (χ0v) is 15.6. The Hall–Kier alpha value is -2.81.